The Bertz CT molecular complexity index is 910. The number of nitrogens with zero attached hydrogens (tertiary/aromatic N) is 3. The molecule has 2 atom stereocenters. The van der Waals surface area contributed by atoms with Crippen LogP contribution in [0.1, 0.15) is 29.6 Å². The Morgan fingerprint density at radius 2 is 1.77 bits per heavy atom. The van der Waals surface area contributed by atoms with E-state index in [1.807, 2.05) is 47.1 Å². The zero-order chi connectivity index (χ0) is 18.1. The summed E-state index contributed by atoms with van der Waals surface area (Å²) in [5.41, 5.74) is 2.25. The first-order valence-electron chi connectivity index (χ1n) is 8.33. The second-order valence-corrected chi connectivity index (χ2v) is 6.58. The first-order chi connectivity index (χ1) is 12.7. The van der Waals surface area contributed by atoms with Gasteiger partial charge in [0.25, 0.3) is 0 Å². The van der Waals surface area contributed by atoms with Crippen molar-refractivity contribution in [2.24, 2.45) is 0 Å². The zero-order valence-electron chi connectivity index (χ0n) is 14.5. The Morgan fingerprint density at radius 1 is 1.04 bits per heavy atom. The highest BCUT2D eigenvalue weighted by Gasteiger charge is 2.30. The number of hydrogen-bond acceptors (Lipinski definition) is 5. The Morgan fingerprint density at radius 3 is 2.50 bits per heavy atom. The number of hydrogen-bond donors (Lipinski definition) is 1. The van der Waals surface area contributed by atoms with Crippen molar-refractivity contribution >= 4 is 17.5 Å². The third-order valence-electron chi connectivity index (χ3n) is 4.70. The van der Waals surface area contributed by atoms with Gasteiger partial charge in [-0.2, -0.15) is 10.1 Å². The predicted octanol–water partition coefficient (Wildman–Crippen LogP) is 4.10. The molecule has 2 heterocycles. The van der Waals surface area contributed by atoms with E-state index in [0.717, 1.165) is 28.5 Å². The number of nitrogens with one attached hydrogen (secondary N) is 1. The quantitative estimate of drug-likeness (QED) is 0.749. The molecule has 134 valence electrons. The van der Waals surface area contributed by atoms with Crippen molar-refractivity contribution in [3.63, 3.8) is 0 Å². The molecule has 2 aromatic carbocycles. The molecule has 1 aliphatic rings. The fourth-order valence-corrected chi connectivity index (χ4v) is 3.50. The fourth-order valence-electron chi connectivity index (χ4n) is 3.37. The van der Waals surface area contributed by atoms with E-state index in [1.54, 1.807) is 20.5 Å². The number of halogens is 1. The normalized spacial score (nSPS) is 18.7. The molecule has 1 aliphatic heterocycles. The van der Waals surface area contributed by atoms with Gasteiger partial charge in [0.2, 0.25) is 5.95 Å². The van der Waals surface area contributed by atoms with Gasteiger partial charge in [-0.25, -0.2) is 4.68 Å². The molecule has 0 amide bonds. The van der Waals surface area contributed by atoms with Gasteiger partial charge in [-0.3, -0.25) is 0 Å². The van der Waals surface area contributed by atoms with Crippen molar-refractivity contribution in [2.75, 3.05) is 19.5 Å². The van der Waals surface area contributed by atoms with Crippen LogP contribution in [0.15, 0.2) is 48.8 Å². The van der Waals surface area contributed by atoms with Crippen LogP contribution in [0.2, 0.25) is 5.02 Å². The fraction of sp³-hybridized carbons (Fsp3) is 0.263. The number of benzene rings is 2. The maximum Gasteiger partial charge on any atom is 0.222 e. The third kappa shape index (κ3) is 2.97. The molecule has 3 aromatic rings. The zero-order valence-corrected chi connectivity index (χ0v) is 15.3. The lowest BCUT2D eigenvalue weighted by Gasteiger charge is -2.32. The summed E-state index contributed by atoms with van der Waals surface area (Å²) in [4.78, 5) is 4.36. The summed E-state index contributed by atoms with van der Waals surface area (Å²) in [5.74, 6) is 2.16. The maximum absolute atomic E-state index is 6.03. The molecule has 26 heavy (non-hydrogen) atoms. The van der Waals surface area contributed by atoms with E-state index >= 15 is 0 Å². The number of aromatic nitrogens is 3. The van der Waals surface area contributed by atoms with E-state index in [-0.39, 0.29) is 12.1 Å². The highest BCUT2D eigenvalue weighted by Crippen LogP contribution is 2.40. The van der Waals surface area contributed by atoms with Crippen molar-refractivity contribution in [1.29, 1.82) is 0 Å². The standard InChI is InChI=1S/C19H19ClN4O2/c1-25-17-8-5-13(9-18(17)26-2)16-10-15(12-3-6-14(20)7-4-12)23-19-21-11-22-24(16)19/h3-9,11,15-16H,10H2,1-2H3,(H,21,22,23). The average Bonchev–Trinajstić information content (AvgIpc) is 3.16. The van der Waals surface area contributed by atoms with Crippen LogP contribution in [0.25, 0.3) is 0 Å². The summed E-state index contributed by atoms with van der Waals surface area (Å²) in [6.45, 7) is 0. The molecule has 0 saturated carbocycles. The molecule has 0 bridgehead atoms. The van der Waals surface area contributed by atoms with Crippen LogP contribution < -0.4 is 14.8 Å². The lowest BCUT2D eigenvalue weighted by atomic mass is 9.93. The van der Waals surface area contributed by atoms with Crippen molar-refractivity contribution in [3.8, 4) is 11.5 Å². The van der Waals surface area contributed by atoms with Crippen molar-refractivity contribution in [3.05, 3.63) is 64.9 Å². The number of ether oxygens (including phenoxy) is 2. The molecule has 1 aromatic heterocycles. The van der Waals surface area contributed by atoms with Gasteiger partial charge in [0.1, 0.15) is 6.33 Å². The number of rotatable bonds is 4. The highest BCUT2D eigenvalue weighted by molar-refractivity contribution is 6.30. The third-order valence-corrected chi connectivity index (χ3v) is 4.95. The minimum atomic E-state index is 0.0363. The summed E-state index contributed by atoms with van der Waals surface area (Å²) in [7, 11) is 3.27. The first-order valence-corrected chi connectivity index (χ1v) is 8.71. The molecule has 1 N–H and O–H groups in total. The summed E-state index contributed by atoms with van der Waals surface area (Å²) in [5, 5.41) is 8.58. The molecule has 7 heteroatoms. The minimum absolute atomic E-state index is 0.0363. The van der Waals surface area contributed by atoms with Crippen molar-refractivity contribution < 1.29 is 9.47 Å². The Labute approximate surface area is 156 Å². The lowest BCUT2D eigenvalue weighted by Crippen LogP contribution is -2.28. The molecule has 0 aliphatic carbocycles. The molecule has 0 spiro atoms. The summed E-state index contributed by atoms with van der Waals surface area (Å²) < 4.78 is 12.7. The van der Waals surface area contributed by atoms with E-state index in [9.17, 15) is 0 Å². The molecular weight excluding hydrogens is 352 g/mol. The van der Waals surface area contributed by atoms with E-state index in [1.165, 1.54) is 0 Å². The Hall–Kier alpha value is -2.73. The summed E-state index contributed by atoms with van der Waals surface area (Å²) >= 11 is 6.03. The van der Waals surface area contributed by atoms with Gasteiger partial charge in [-0.05, 0) is 41.8 Å². The van der Waals surface area contributed by atoms with Crippen LogP contribution in [0.3, 0.4) is 0 Å². The van der Waals surface area contributed by atoms with Crippen LogP contribution in [-0.2, 0) is 0 Å². The van der Waals surface area contributed by atoms with Crippen LogP contribution in [-0.4, -0.2) is 29.0 Å². The molecule has 6 nitrogen and oxygen atoms in total. The number of anilines is 1. The first kappa shape index (κ1) is 16.7. The second kappa shape index (κ2) is 6.88. The monoisotopic (exact) mass is 370 g/mol. The highest BCUT2D eigenvalue weighted by atomic mass is 35.5. The Balaban J connectivity index is 1.72. The van der Waals surface area contributed by atoms with Gasteiger partial charge >= 0.3 is 0 Å². The van der Waals surface area contributed by atoms with Crippen LogP contribution in [0.4, 0.5) is 5.95 Å². The van der Waals surface area contributed by atoms with E-state index < -0.39 is 0 Å². The number of methoxy groups -OCH3 is 2. The van der Waals surface area contributed by atoms with Crippen molar-refractivity contribution in [2.45, 2.75) is 18.5 Å². The molecule has 0 radical (unpaired) electrons. The second-order valence-electron chi connectivity index (χ2n) is 6.14. The Kier molecular flexibility index (Phi) is 4.42. The number of fused-ring (bicyclic) bond motifs is 1. The van der Waals surface area contributed by atoms with Crippen molar-refractivity contribution in [1.82, 2.24) is 14.8 Å². The molecule has 0 fully saturated rings. The van der Waals surface area contributed by atoms with Gasteiger partial charge in [-0.1, -0.05) is 29.8 Å². The average molecular weight is 371 g/mol. The van der Waals surface area contributed by atoms with Gasteiger partial charge < -0.3 is 14.8 Å². The maximum atomic E-state index is 6.03. The molecule has 2 unspecified atom stereocenters. The largest absolute Gasteiger partial charge is 0.493 e. The smallest absolute Gasteiger partial charge is 0.222 e. The van der Waals surface area contributed by atoms with Gasteiger partial charge in [0.15, 0.2) is 11.5 Å². The SMILES string of the molecule is COc1ccc(C2CC(c3ccc(Cl)cc3)Nc3ncnn32)cc1OC. The van der Waals surface area contributed by atoms with E-state index in [4.69, 9.17) is 21.1 Å². The van der Waals surface area contributed by atoms with Gasteiger partial charge in [-0.15, -0.1) is 0 Å². The topological polar surface area (TPSA) is 61.2 Å². The minimum Gasteiger partial charge on any atom is -0.493 e. The van der Waals surface area contributed by atoms with E-state index in [0.29, 0.717) is 11.5 Å². The van der Waals surface area contributed by atoms with Gasteiger partial charge in [0.05, 0.1) is 26.3 Å². The lowest BCUT2D eigenvalue weighted by molar-refractivity contribution is 0.352. The van der Waals surface area contributed by atoms with Crippen LogP contribution in [0.5, 0.6) is 11.5 Å². The predicted molar refractivity (Wildman–Crippen MR) is 100 cm³/mol. The van der Waals surface area contributed by atoms with Crippen LogP contribution in [0, 0.1) is 0 Å². The van der Waals surface area contributed by atoms with Gasteiger partial charge in [0, 0.05) is 5.02 Å². The molecule has 0 saturated heterocycles. The summed E-state index contributed by atoms with van der Waals surface area (Å²) in [6.07, 6.45) is 2.40. The molecular formula is C19H19ClN4O2. The summed E-state index contributed by atoms with van der Waals surface area (Å²) in [6, 6.07) is 14.0. The van der Waals surface area contributed by atoms with Crippen LogP contribution >= 0.6 is 11.6 Å². The molecule has 4 rings (SSSR count). The van der Waals surface area contributed by atoms with E-state index in [2.05, 4.69) is 15.4 Å².